The highest BCUT2D eigenvalue weighted by Gasteiger charge is 2.07. The van der Waals surface area contributed by atoms with E-state index in [1.54, 1.807) is 0 Å². The molecule has 1 heteroatoms. The van der Waals surface area contributed by atoms with Gasteiger partial charge < -0.3 is 0 Å². The van der Waals surface area contributed by atoms with Gasteiger partial charge in [-0.2, -0.15) is 0 Å². The second kappa shape index (κ2) is 5.83. The summed E-state index contributed by atoms with van der Waals surface area (Å²) in [6.45, 7) is 2.23. The fourth-order valence-corrected chi connectivity index (χ4v) is 2.34. The maximum absolute atomic E-state index is 4.85. The Bertz CT molecular complexity index is 357. The third kappa shape index (κ3) is 2.94. The Morgan fingerprint density at radius 3 is 2.56 bits per heavy atom. The lowest BCUT2D eigenvalue weighted by Gasteiger charge is -2.13. The van der Waals surface area contributed by atoms with E-state index in [1.807, 2.05) is 0 Å². The van der Waals surface area contributed by atoms with Crippen LogP contribution >= 0.6 is 0 Å². The third-order valence-electron chi connectivity index (χ3n) is 3.22. The normalized spacial score (nSPS) is 16.2. The molecule has 0 bridgehead atoms. The van der Waals surface area contributed by atoms with Gasteiger partial charge in [-0.1, -0.05) is 38.0 Å². The van der Waals surface area contributed by atoms with Gasteiger partial charge in [-0.3, -0.25) is 4.99 Å². The highest BCUT2D eigenvalue weighted by atomic mass is 14.8. The van der Waals surface area contributed by atoms with Crippen molar-refractivity contribution in [2.24, 2.45) is 4.99 Å². The average Bonchev–Trinajstić information content (AvgIpc) is 2.33. The van der Waals surface area contributed by atoms with Crippen LogP contribution in [0.5, 0.6) is 0 Å². The molecule has 1 aromatic carbocycles. The molecular weight excluding hydrogens is 194 g/mol. The van der Waals surface area contributed by atoms with Crippen molar-refractivity contribution in [3.63, 3.8) is 0 Å². The monoisotopic (exact) mass is 215 g/mol. The van der Waals surface area contributed by atoms with E-state index in [9.17, 15) is 0 Å². The fraction of sp³-hybridized carbons (Fsp3) is 0.533. The van der Waals surface area contributed by atoms with Gasteiger partial charge >= 0.3 is 0 Å². The molecule has 0 aliphatic heterocycles. The first-order valence-electron chi connectivity index (χ1n) is 6.54. The van der Waals surface area contributed by atoms with Crippen LogP contribution < -0.4 is 0 Å². The number of nitrogens with zero attached hydrogens (tertiary/aromatic N) is 1. The van der Waals surface area contributed by atoms with Gasteiger partial charge in [0, 0.05) is 5.71 Å². The Kier molecular flexibility index (Phi) is 4.15. The molecule has 0 saturated heterocycles. The van der Waals surface area contributed by atoms with Crippen molar-refractivity contribution in [3.05, 3.63) is 29.8 Å². The van der Waals surface area contributed by atoms with Gasteiger partial charge in [0.15, 0.2) is 0 Å². The maximum Gasteiger partial charge on any atom is 0.0660 e. The molecule has 2 rings (SSSR count). The highest BCUT2D eigenvalue weighted by molar-refractivity contribution is 5.87. The van der Waals surface area contributed by atoms with Crippen LogP contribution in [0.25, 0.3) is 0 Å². The minimum absolute atomic E-state index is 1.15. The summed E-state index contributed by atoms with van der Waals surface area (Å²) in [5.74, 6) is 0. The zero-order valence-electron chi connectivity index (χ0n) is 10.2. The van der Waals surface area contributed by atoms with Crippen molar-refractivity contribution in [1.29, 1.82) is 0 Å². The van der Waals surface area contributed by atoms with E-state index in [4.69, 9.17) is 4.99 Å². The van der Waals surface area contributed by atoms with E-state index in [1.165, 1.54) is 55.5 Å². The Labute approximate surface area is 98.6 Å². The summed E-state index contributed by atoms with van der Waals surface area (Å²) in [7, 11) is 0. The predicted molar refractivity (Wildman–Crippen MR) is 70.6 cm³/mol. The van der Waals surface area contributed by atoms with Crippen molar-refractivity contribution < 1.29 is 0 Å². The molecule has 0 aromatic heterocycles. The Balaban J connectivity index is 2.18. The molecule has 1 aliphatic rings. The van der Waals surface area contributed by atoms with E-state index in [-0.39, 0.29) is 0 Å². The van der Waals surface area contributed by atoms with E-state index in [0.29, 0.717) is 0 Å². The molecule has 0 radical (unpaired) electrons. The van der Waals surface area contributed by atoms with E-state index >= 15 is 0 Å². The van der Waals surface area contributed by atoms with Crippen LogP contribution in [0, 0.1) is 0 Å². The zero-order chi connectivity index (χ0) is 11.2. The summed E-state index contributed by atoms with van der Waals surface area (Å²) in [5.41, 5.74) is 4.03. The zero-order valence-corrected chi connectivity index (χ0v) is 10.2. The predicted octanol–water partition coefficient (Wildman–Crippen LogP) is 4.68. The lowest BCUT2D eigenvalue weighted by atomic mass is 9.98. The summed E-state index contributed by atoms with van der Waals surface area (Å²) in [6, 6.07) is 8.59. The van der Waals surface area contributed by atoms with Crippen LogP contribution in [0.4, 0.5) is 5.69 Å². The Morgan fingerprint density at radius 1 is 1.06 bits per heavy atom. The molecule has 0 heterocycles. The maximum atomic E-state index is 4.85. The van der Waals surface area contributed by atoms with Crippen LogP contribution in [0.2, 0.25) is 0 Å². The molecule has 1 fully saturated rings. The first-order chi connectivity index (χ1) is 7.90. The number of aliphatic imine (C=N–C) groups is 1. The number of para-hydroxylation sites is 1. The van der Waals surface area contributed by atoms with Crippen molar-refractivity contribution >= 4 is 11.4 Å². The first-order valence-corrected chi connectivity index (χ1v) is 6.54. The molecular formula is C15H21N. The molecule has 1 aliphatic carbocycles. The van der Waals surface area contributed by atoms with Gasteiger partial charge in [-0.05, 0) is 43.7 Å². The van der Waals surface area contributed by atoms with Gasteiger partial charge in [0.2, 0.25) is 0 Å². The highest BCUT2D eigenvalue weighted by Crippen LogP contribution is 2.24. The van der Waals surface area contributed by atoms with Gasteiger partial charge in [-0.25, -0.2) is 0 Å². The minimum atomic E-state index is 1.15. The standard InChI is InChI=1S/C15H21N/c1-2-8-13-9-6-7-12-15(13)16-14-10-4-3-5-11-14/h6-7,9,12H,2-5,8,10-11H2,1H3. The van der Waals surface area contributed by atoms with Crippen molar-refractivity contribution in [1.82, 2.24) is 0 Å². The molecule has 0 unspecified atom stereocenters. The van der Waals surface area contributed by atoms with Gasteiger partial charge in [0.05, 0.1) is 5.69 Å². The van der Waals surface area contributed by atoms with Crippen LogP contribution in [-0.2, 0) is 6.42 Å². The quantitative estimate of drug-likeness (QED) is 0.694. The third-order valence-corrected chi connectivity index (χ3v) is 3.22. The minimum Gasteiger partial charge on any atom is -0.258 e. The average molecular weight is 215 g/mol. The summed E-state index contributed by atoms with van der Waals surface area (Å²) in [4.78, 5) is 4.85. The topological polar surface area (TPSA) is 12.4 Å². The van der Waals surface area contributed by atoms with Crippen LogP contribution in [0.1, 0.15) is 51.0 Å². The Hall–Kier alpha value is -1.11. The van der Waals surface area contributed by atoms with Gasteiger partial charge in [0.1, 0.15) is 0 Å². The second-order valence-corrected chi connectivity index (χ2v) is 4.62. The summed E-state index contributed by atoms with van der Waals surface area (Å²) < 4.78 is 0. The molecule has 86 valence electrons. The fourth-order valence-electron chi connectivity index (χ4n) is 2.34. The molecule has 0 amide bonds. The van der Waals surface area contributed by atoms with Crippen LogP contribution in [-0.4, -0.2) is 5.71 Å². The molecule has 1 aromatic rings. The van der Waals surface area contributed by atoms with Crippen molar-refractivity contribution in [3.8, 4) is 0 Å². The smallest absolute Gasteiger partial charge is 0.0660 e. The number of hydrogen-bond donors (Lipinski definition) is 0. The molecule has 0 atom stereocenters. The summed E-state index contributed by atoms with van der Waals surface area (Å²) in [6.07, 6.45) is 8.80. The van der Waals surface area contributed by atoms with Crippen molar-refractivity contribution in [2.45, 2.75) is 51.9 Å². The SMILES string of the molecule is CCCc1ccccc1N=C1CCCCC1. The number of aryl methyl sites for hydroxylation is 1. The van der Waals surface area contributed by atoms with E-state index in [2.05, 4.69) is 31.2 Å². The number of benzene rings is 1. The molecule has 1 nitrogen and oxygen atoms in total. The van der Waals surface area contributed by atoms with Crippen molar-refractivity contribution in [2.75, 3.05) is 0 Å². The van der Waals surface area contributed by atoms with E-state index in [0.717, 1.165) is 6.42 Å². The first kappa shape index (κ1) is 11.4. The summed E-state index contributed by atoms with van der Waals surface area (Å²) >= 11 is 0. The molecule has 1 saturated carbocycles. The second-order valence-electron chi connectivity index (χ2n) is 4.62. The lowest BCUT2D eigenvalue weighted by Crippen LogP contribution is -2.04. The largest absolute Gasteiger partial charge is 0.258 e. The van der Waals surface area contributed by atoms with Gasteiger partial charge in [0.25, 0.3) is 0 Å². The Morgan fingerprint density at radius 2 is 1.81 bits per heavy atom. The van der Waals surface area contributed by atoms with Crippen LogP contribution in [0.15, 0.2) is 29.3 Å². The van der Waals surface area contributed by atoms with Gasteiger partial charge in [-0.15, -0.1) is 0 Å². The molecule has 16 heavy (non-hydrogen) atoms. The summed E-state index contributed by atoms with van der Waals surface area (Å²) in [5, 5.41) is 0. The van der Waals surface area contributed by atoms with Crippen LogP contribution in [0.3, 0.4) is 0 Å². The molecule has 0 N–H and O–H groups in total. The number of rotatable bonds is 3. The molecule has 0 spiro atoms. The lowest BCUT2D eigenvalue weighted by molar-refractivity contribution is 0.667. The number of hydrogen-bond acceptors (Lipinski definition) is 1. The van der Waals surface area contributed by atoms with E-state index < -0.39 is 0 Å².